The molecule has 0 saturated carbocycles. The van der Waals surface area contributed by atoms with E-state index in [0.29, 0.717) is 22.6 Å². The van der Waals surface area contributed by atoms with Crippen LogP contribution in [0.1, 0.15) is 21.5 Å². The van der Waals surface area contributed by atoms with Gasteiger partial charge in [-0.2, -0.15) is 0 Å². The number of ether oxygens (including phenoxy) is 2. The van der Waals surface area contributed by atoms with Gasteiger partial charge in [0.05, 0.1) is 7.11 Å². The van der Waals surface area contributed by atoms with E-state index in [4.69, 9.17) is 9.47 Å². The molecule has 0 aromatic heterocycles. The number of hydrogen-bond donors (Lipinski definition) is 1. The van der Waals surface area contributed by atoms with Crippen LogP contribution in [0.15, 0.2) is 71.6 Å². The Hall–Kier alpha value is -3.12. The maximum absolute atomic E-state index is 12.5. The van der Waals surface area contributed by atoms with Gasteiger partial charge in [0.1, 0.15) is 22.1 Å². The van der Waals surface area contributed by atoms with Gasteiger partial charge in [-0.3, -0.25) is 4.79 Å². The number of methoxy groups -OCH3 is 1. The number of rotatable bonds is 6. The lowest BCUT2D eigenvalue weighted by atomic mass is 10.0. The first-order valence-corrected chi connectivity index (χ1v) is 9.37. The van der Waals surface area contributed by atoms with Crippen LogP contribution >= 0.6 is 0 Å². The Labute approximate surface area is 159 Å². The minimum absolute atomic E-state index is 0.0316. The average molecular weight is 382 g/mol. The third-order valence-electron chi connectivity index (χ3n) is 4.02. The summed E-state index contributed by atoms with van der Waals surface area (Å²) in [6.45, 7) is 1.96. The van der Waals surface area contributed by atoms with E-state index in [1.54, 1.807) is 42.5 Å². The molecular formula is C21H18O5S. The van der Waals surface area contributed by atoms with Crippen LogP contribution in [0, 0.1) is 6.92 Å². The fraction of sp³-hybridized carbons (Fsp3) is 0.0952. The Bertz CT molecular complexity index is 1030. The van der Waals surface area contributed by atoms with E-state index < -0.39 is 10.7 Å². The van der Waals surface area contributed by atoms with Gasteiger partial charge in [0.25, 0.3) is 0 Å². The summed E-state index contributed by atoms with van der Waals surface area (Å²) in [5.74, 6) is 0.966. The molecule has 3 rings (SSSR count). The topological polar surface area (TPSA) is 69.7 Å². The second-order valence-electron chi connectivity index (χ2n) is 5.91. The molecule has 0 aliphatic heterocycles. The van der Waals surface area contributed by atoms with Gasteiger partial charge in [0, 0.05) is 17.2 Å². The maximum atomic E-state index is 12.5. The molecule has 0 atom stereocenters. The Morgan fingerprint density at radius 2 is 1.37 bits per heavy atom. The fourth-order valence-electron chi connectivity index (χ4n) is 2.53. The second kappa shape index (κ2) is 8.05. The van der Waals surface area contributed by atoms with Crippen LogP contribution in [0.5, 0.6) is 17.2 Å². The quantitative estimate of drug-likeness (QED) is 0.515. The molecule has 0 aliphatic rings. The molecule has 0 fully saturated rings. The van der Waals surface area contributed by atoms with E-state index in [0.717, 1.165) is 5.56 Å². The van der Waals surface area contributed by atoms with Gasteiger partial charge in [-0.1, -0.05) is 29.8 Å². The highest BCUT2D eigenvalue weighted by Gasteiger charge is 2.12. The molecule has 0 amide bonds. The molecule has 0 heterocycles. The van der Waals surface area contributed by atoms with E-state index in [2.05, 4.69) is 0 Å². The minimum atomic E-state index is -2.84. The lowest BCUT2D eigenvalue weighted by molar-refractivity contribution is 0.103. The molecule has 0 spiro atoms. The van der Waals surface area contributed by atoms with Crippen molar-refractivity contribution in [2.24, 2.45) is 0 Å². The summed E-state index contributed by atoms with van der Waals surface area (Å²) in [5, 5.41) is 0. The number of carbonyl (C=O) groups excluding carboxylic acids is 1. The molecule has 0 saturated heterocycles. The predicted octanol–water partition coefficient (Wildman–Crippen LogP) is 4.00. The third-order valence-corrected chi connectivity index (χ3v) is 4.76. The summed E-state index contributed by atoms with van der Waals surface area (Å²) in [6, 6.07) is 18.5. The number of benzene rings is 3. The fourth-order valence-corrected chi connectivity index (χ4v) is 3.06. The Balaban J connectivity index is 1.82. The Morgan fingerprint density at radius 1 is 0.815 bits per heavy atom. The predicted molar refractivity (Wildman–Crippen MR) is 103 cm³/mol. The SMILES string of the molecule is COc1ccc(Oc2ccc(C(=O)c3ccc(C)cc3)cc2)c([SH](=O)=O)c1. The minimum Gasteiger partial charge on any atom is -0.497 e. The maximum Gasteiger partial charge on any atom is 0.193 e. The molecule has 0 unspecified atom stereocenters. The molecule has 6 heteroatoms. The number of ketones is 1. The first kappa shape index (κ1) is 18.7. The van der Waals surface area contributed by atoms with Crippen molar-refractivity contribution in [2.75, 3.05) is 7.11 Å². The molecule has 3 aromatic carbocycles. The second-order valence-corrected chi connectivity index (χ2v) is 6.91. The average Bonchev–Trinajstić information content (AvgIpc) is 2.69. The first-order chi connectivity index (χ1) is 13.0. The van der Waals surface area contributed by atoms with Crippen molar-refractivity contribution < 1.29 is 22.7 Å². The van der Waals surface area contributed by atoms with Crippen molar-refractivity contribution in [3.8, 4) is 17.2 Å². The number of hydrogen-bond acceptors (Lipinski definition) is 5. The molecule has 27 heavy (non-hydrogen) atoms. The third kappa shape index (κ3) is 4.35. The summed E-state index contributed by atoms with van der Waals surface area (Å²) in [4.78, 5) is 12.5. The van der Waals surface area contributed by atoms with E-state index in [1.165, 1.54) is 19.2 Å². The van der Waals surface area contributed by atoms with E-state index >= 15 is 0 Å². The van der Waals surface area contributed by atoms with Crippen molar-refractivity contribution in [1.29, 1.82) is 0 Å². The molecule has 3 aromatic rings. The smallest absolute Gasteiger partial charge is 0.193 e. The van der Waals surface area contributed by atoms with Crippen molar-refractivity contribution in [2.45, 2.75) is 11.8 Å². The molecular weight excluding hydrogens is 364 g/mol. The van der Waals surface area contributed by atoms with Crippen LogP contribution < -0.4 is 9.47 Å². The highest BCUT2D eigenvalue weighted by molar-refractivity contribution is 7.72. The number of thiol groups is 1. The highest BCUT2D eigenvalue weighted by Crippen LogP contribution is 2.30. The van der Waals surface area contributed by atoms with Crippen molar-refractivity contribution in [1.82, 2.24) is 0 Å². The van der Waals surface area contributed by atoms with Crippen molar-refractivity contribution in [3.63, 3.8) is 0 Å². The molecule has 0 N–H and O–H groups in total. The molecule has 0 aliphatic carbocycles. The lowest BCUT2D eigenvalue weighted by Crippen LogP contribution is -2.01. The largest absolute Gasteiger partial charge is 0.497 e. The highest BCUT2D eigenvalue weighted by atomic mass is 32.2. The summed E-state index contributed by atoms with van der Waals surface area (Å²) in [7, 11) is -1.38. The van der Waals surface area contributed by atoms with Crippen LogP contribution in [-0.2, 0) is 10.7 Å². The van der Waals surface area contributed by atoms with Crippen molar-refractivity contribution in [3.05, 3.63) is 83.4 Å². The zero-order chi connectivity index (χ0) is 19.4. The molecule has 5 nitrogen and oxygen atoms in total. The van der Waals surface area contributed by atoms with Gasteiger partial charge in [-0.25, -0.2) is 8.42 Å². The molecule has 0 bridgehead atoms. The summed E-state index contributed by atoms with van der Waals surface area (Å²) in [6.07, 6.45) is 0. The lowest BCUT2D eigenvalue weighted by Gasteiger charge is -2.10. The zero-order valence-corrected chi connectivity index (χ0v) is 15.7. The van der Waals surface area contributed by atoms with Crippen LogP contribution in [0.4, 0.5) is 0 Å². The van der Waals surface area contributed by atoms with E-state index in [1.807, 2.05) is 19.1 Å². The standard InChI is InChI=1S/C21H18O5S/c1-14-3-5-15(6-4-14)21(22)16-7-9-17(10-8-16)26-19-12-11-18(25-2)13-20(19)27(23)24/h3-13,27H,1-2H3. The van der Waals surface area contributed by atoms with Crippen LogP contribution in [0.25, 0.3) is 0 Å². The number of aryl methyl sites for hydroxylation is 1. The summed E-state index contributed by atoms with van der Waals surface area (Å²) >= 11 is 0. The summed E-state index contributed by atoms with van der Waals surface area (Å²) in [5.41, 5.74) is 2.22. The number of carbonyl (C=O) groups is 1. The molecule has 0 radical (unpaired) electrons. The van der Waals surface area contributed by atoms with Gasteiger partial charge in [-0.05, 0) is 43.3 Å². The van der Waals surface area contributed by atoms with Gasteiger partial charge < -0.3 is 9.47 Å². The Morgan fingerprint density at radius 3 is 1.93 bits per heavy atom. The van der Waals surface area contributed by atoms with Gasteiger partial charge >= 0.3 is 0 Å². The van der Waals surface area contributed by atoms with Crippen molar-refractivity contribution >= 4 is 16.5 Å². The zero-order valence-electron chi connectivity index (χ0n) is 14.8. The monoisotopic (exact) mass is 382 g/mol. The van der Waals surface area contributed by atoms with Crippen LogP contribution in [0.2, 0.25) is 0 Å². The Kier molecular flexibility index (Phi) is 5.57. The van der Waals surface area contributed by atoms with Gasteiger partial charge in [0.15, 0.2) is 16.5 Å². The van der Waals surface area contributed by atoms with Gasteiger partial charge in [-0.15, -0.1) is 0 Å². The van der Waals surface area contributed by atoms with Gasteiger partial charge in [0.2, 0.25) is 0 Å². The summed E-state index contributed by atoms with van der Waals surface area (Å²) < 4.78 is 33.6. The van der Waals surface area contributed by atoms with Crippen LogP contribution in [0.3, 0.4) is 0 Å². The van der Waals surface area contributed by atoms with E-state index in [9.17, 15) is 13.2 Å². The normalized spacial score (nSPS) is 10.6. The molecule has 138 valence electrons. The van der Waals surface area contributed by atoms with Crippen LogP contribution in [-0.4, -0.2) is 21.3 Å². The van der Waals surface area contributed by atoms with E-state index in [-0.39, 0.29) is 16.4 Å². The first-order valence-electron chi connectivity index (χ1n) is 8.19.